The monoisotopic (exact) mass is 297 g/mol. The Morgan fingerprint density at radius 3 is 2.43 bits per heavy atom. The Bertz CT molecular complexity index is 392. The number of hydrogen-bond acceptors (Lipinski definition) is 3. The number of hydrogen-bond donors (Lipinski definition) is 2. The predicted molar refractivity (Wildman–Crippen MR) is 78.9 cm³/mol. The molecule has 0 spiro atoms. The maximum Gasteiger partial charge on any atom is 0.306 e. The molecule has 5 nitrogen and oxygen atoms in total. The molecule has 1 heterocycles. The molecule has 1 saturated carbocycles. The summed E-state index contributed by atoms with van der Waals surface area (Å²) in [5, 5.41) is 12.2. The number of rotatable bonds is 5. The van der Waals surface area contributed by atoms with E-state index >= 15 is 0 Å². The molecular formula is C16H27NO4. The fourth-order valence-electron chi connectivity index (χ4n) is 3.66. The van der Waals surface area contributed by atoms with Gasteiger partial charge in [0.15, 0.2) is 0 Å². The molecule has 1 aliphatic heterocycles. The summed E-state index contributed by atoms with van der Waals surface area (Å²) in [6, 6.07) is 0.162. The molecule has 3 atom stereocenters. The van der Waals surface area contributed by atoms with Crippen molar-refractivity contribution in [2.24, 2.45) is 11.8 Å². The normalized spacial score (nSPS) is 31.8. The van der Waals surface area contributed by atoms with Crippen LogP contribution in [0, 0.1) is 11.8 Å². The molecule has 2 rings (SSSR count). The van der Waals surface area contributed by atoms with Gasteiger partial charge in [0.25, 0.3) is 0 Å². The summed E-state index contributed by atoms with van der Waals surface area (Å²) in [7, 11) is 0. The second-order valence-electron chi connectivity index (χ2n) is 6.48. The lowest BCUT2D eigenvalue weighted by Crippen LogP contribution is -2.49. The smallest absolute Gasteiger partial charge is 0.306 e. The Morgan fingerprint density at radius 2 is 1.86 bits per heavy atom. The van der Waals surface area contributed by atoms with E-state index in [1.807, 2.05) is 0 Å². The van der Waals surface area contributed by atoms with E-state index in [1.165, 1.54) is 0 Å². The number of nitrogens with one attached hydrogen (secondary N) is 1. The maximum absolute atomic E-state index is 12.3. The zero-order valence-corrected chi connectivity index (χ0v) is 13.1. The Morgan fingerprint density at radius 1 is 1.19 bits per heavy atom. The molecule has 0 radical (unpaired) electrons. The van der Waals surface area contributed by atoms with Gasteiger partial charge in [0, 0.05) is 18.6 Å². The van der Waals surface area contributed by atoms with E-state index in [9.17, 15) is 9.59 Å². The van der Waals surface area contributed by atoms with Gasteiger partial charge in [-0.15, -0.1) is 0 Å². The molecule has 1 saturated heterocycles. The topological polar surface area (TPSA) is 75.6 Å². The minimum Gasteiger partial charge on any atom is -0.481 e. The first-order valence-electron chi connectivity index (χ1n) is 8.17. The summed E-state index contributed by atoms with van der Waals surface area (Å²) in [5.41, 5.74) is -0.102. The zero-order valence-electron chi connectivity index (χ0n) is 13.1. The lowest BCUT2D eigenvalue weighted by molar-refractivity contribution is -0.141. The molecule has 2 N–H and O–H groups in total. The van der Waals surface area contributed by atoms with Gasteiger partial charge in [0.2, 0.25) is 5.91 Å². The van der Waals surface area contributed by atoms with E-state index in [0.717, 1.165) is 25.7 Å². The molecule has 120 valence electrons. The van der Waals surface area contributed by atoms with Gasteiger partial charge in [-0.25, -0.2) is 0 Å². The minimum atomic E-state index is -0.771. The van der Waals surface area contributed by atoms with Gasteiger partial charge in [-0.1, -0.05) is 13.8 Å². The van der Waals surface area contributed by atoms with Crippen LogP contribution >= 0.6 is 0 Å². The van der Waals surface area contributed by atoms with Crippen LogP contribution in [0.5, 0.6) is 0 Å². The van der Waals surface area contributed by atoms with Crippen LogP contribution in [0.2, 0.25) is 0 Å². The molecule has 0 bridgehead atoms. The van der Waals surface area contributed by atoms with E-state index in [4.69, 9.17) is 9.84 Å². The van der Waals surface area contributed by atoms with Crippen molar-refractivity contribution in [1.82, 2.24) is 5.32 Å². The van der Waals surface area contributed by atoms with Gasteiger partial charge in [0.05, 0.1) is 11.5 Å². The zero-order chi connectivity index (χ0) is 15.5. The third kappa shape index (κ3) is 3.76. The minimum absolute atomic E-state index is 0.0340. The van der Waals surface area contributed by atoms with E-state index in [-0.39, 0.29) is 29.4 Å². The first kappa shape index (κ1) is 16.3. The highest BCUT2D eigenvalue weighted by Gasteiger charge is 2.38. The van der Waals surface area contributed by atoms with Crippen LogP contribution in [0.4, 0.5) is 0 Å². The number of carbonyl (C=O) groups is 2. The van der Waals surface area contributed by atoms with Crippen molar-refractivity contribution < 1.29 is 19.4 Å². The van der Waals surface area contributed by atoms with Gasteiger partial charge in [-0.05, 0) is 44.9 Å². The standard InChI is InChI=1S/C16H27NO4/c1-3-16(4-2)10-13(7-8-21-16)17-14(18)11-5-6-12(9-11)15(19)20/h11-13H,3-10H2,1-2H3,(H,17,18)(H,19,20)/t11-,12+,13?/m1/s1. The predicted octanol–water partition coefficient (Wildman–Crippen LogP) is 2.34. The van der Waals surface area contributed by atoms with Crippen LogP contribution in [0.3, 0.4) is 0 Å². The largest absolute Gasteiger partial charge is 0.481 e. The molecule has 0 aromatic carbocycles. The number of carbonyl (C=O) groups excluding carboxylic acids is 1. The molecule has 0 aromatic heterocycles. The maximum atomic E-state index is 12.3. The molecule has 21 heavy (non-hydrogen) atoms. The summed E-state index contributed by atoms with van der Waals surface area (Å²) < 4.78 is 5.92. The second kappa shape index (κ2) is 6.77. The average Bonchev–Trinajstić information content (AvgIpc) is 2.97. The van der Waals surface area contributed by atoms with Crippen molar-refractivity contribution in [2.75, 3.05) is 6.61 Å². The van der Waals surface area contributed by atoms with Gasteiger partial charge >= 0.3 is 5.97 Å². The fourth-order valence-corrected chi connectivity index (χ4v) is 3.66. The first-order valence-corrected chi connectivity index (χ1v) is 8.17. The van der Waals surface area contributed by atoms with Gasteiger partial charge < -0.3 is 15.2 Å². The van der Waals surface area contributed by atoms with E-state index in [0.29, 0.717) is 25.9 Å². The summed E-state index contributed by atoms with van der Waals surface area (Å²) in [6.45, 7) is 4.94. The van der Waals surface area contributed by atoms with Crippen molar-refractivity contribution in [3.63, 3.8) is 0 Å². The highest BCUT2D eigenvalue weighted by molar-refractivity contribution is 5.81. The van der Waals surface area contributed by atoms with Crippen LogP contribution in [0.25, 0.3) is 0 Å². The van der Waals surface area contributed by atoms with Gasteiger partial charge in [-0.2, -0.15) is 0 Å². The van der Waals surface area contributed by atoms with Crippen molar-refractivity contribution in [2.45, 2.75) is 70.4 Å². The van der Waals surface area contributed by atoms with Gasteiger partial charge in [-0.3, -0.25) is 9.59 Å². The molecule has 0 aromatic rings. The summed E-state index contributed by atoms with van der Waals surface area (Å²) >= 11 is 0. The Labute approximate surface area is 126 Å². The number of aliphatic carboxylic acids is 1. The molecule has 1 aliphatic carbocycles. The highest BCUT2D eigenvalue weighted by atomic mass is 16.5. The van der Waals surface area contributed by atoms with Crippen molar-refractivity contribution in [1.29, 1.82) is 0 Å². The molecule has 1 unspecified atom stereocenters. The molecule has 2 fully saturated rings. The third-order valence-electron chi connectivity index (χ3n) is 5.28. The van der Waals surface area contributed by atoms with Crippen molar-refractivity contribution >= 4 is 11.9 Å². The lowest BCUT2D eigenvalue weighted by Gasteiger charge is -2.40. The Balaban J connectivity index is 1.87. The number of ether oxygens (including phenoxy) is 1. The van der Waals surface area contributed by atoms with Crippen molar-refractivity contribution in [3.05, 3.63) is 0 Å². The van der Waals surface area contributed by atoms with E-state index in [1.54, 1.807) is 0 Å². The number of amides is 1. The number of carboxylic acids is 1. The van der Waals surface area contributed by atoms with Crippen LogP contribution in [0.15, 0.2) is 0 Å². The first-order chi connectivity index (χ1) is 9.99. The van der Waals surface area contributed by atoms with E-state index in [2.05, 4.69) is 19.2 Å². The summed E-state index contributed by atoms with van der Waals surface area (Å²) in [6.07, 6.45) is 5.43. The number of carboxylic acid groups (broad SMARTS) is 1. The van der Waals surface area contributed by atoms with Crippen LogP contribution in [-0.2, 0) is 14.3 Å². The molecule has 1 amide bonds. The molecule has 5 heteroatoms. The van der Waals surface area contributed by atoms with Crippen LogP contribution < -0.4 is 5.32 Å². The van der Waals surface area contributed by atoms with Gasteiger partial charge in [0.1, 0.15) is 0 Å². The fraction of sp³-hybridized carbons (Fsp3) is 0.875. The van der Waals surface area contributed by atoms with E-state index < -0.39 is 5.97 Å². The highest BCUT2D eigenvalue weighted by Crippen LogP contribution is 2.33. The average molecular weight is 297 g/mol. The van der Waals surface area contributed by atoms with Crippen LogP contribution in [-0.4, -0.2) is 35.2 Å². The summed E-state index contributed by atoms with van der Waals surface area (Å²) in [4.78, 5) is 23.3. The summed E-state index contributed by atoms with van der Waals surface area (Å²) in [5.74, 6) is -1.22. The second-order valence-corrected chi connectivity index (χ2v) is 6.48. The quantitative estimate of drug-likeness (QED) is 0.816. The lowest BCUT2D eigenvalue weighted by atomic mass is 9.85. The SMILES string of the molecule is CCC1(CC)CC(NC(=O)[C@@H]2CC[C@H](C(=O)O)C2)CCO1. The molecule has 2 aliphatic rings. The van der Waals surface area contributed by atoms with Crippen molar-refractivity contribution in [3.8, 4) is 0 Å². The van der Waals surface area contributed by atoms with Crippen LogP contribution in [0.1, 0.15) is 58.8 Å². The Kier molecular flexibility index (Phi) is 5.25. The third-order valence-corrected chi connectivity index (χ3v) is 5.28. The Hall–Kier alpha value is -1.10. The molecular weight excluding hydrogens is 270 g/mol.